The molecule has 1 N–H and O–H groups in total. The molecule has 4 rings (SSSR count). The van der Waals surface area contributed by atoms with Gasteiger partial charge in [-0.1, -0.05) is 18.2 Å². The summed E-state index contributed by atoms with van der Waals surface area (Å²) in [5.41, 5.74) is 1.68. The largest absolute Gasteiger partial charge is 0.486 e. The van der Waals surface area contributed by atoms with Crippen molar-refractivity contribution in [1.29, 1.82) is 0 Å². The van der Waals surface area contributed by atoms with Gasteiger partial charge < -0.3 is 19.7 Å². The first-order chi connectivity index (χ1) is 13.2. The number of fused-ring (bicyclic) bond motifs is 1. The molecule has 0 bridgehead atoms. The lowest BCUT2D eigenvalue weighted by Crippen LogP contribution is -2.42. The molecule has 0 saturated carbocycles. The van der Waals surface area contributed by atoms with Crippen LogP contribution in [-0.2, 0) is 0 Å². The van der Waals surface area contributed by atoms with Gasteiger partial charge in [-0.25, -0.2) is 0 Å². The van der Waals surface area contributed by atoms with E-state index in [0.717, 1.165) is 31.6 Å². The van der Waals surface area contributed by atoms with Gasteiger partial charge in [0.2, 0.25) is 0 Å². The van der Waals surface area contributed by atoms with Gasteiger partial charge in [-0.2, -0.15) is 0 Å². The highest BCUT2D eigenvalue weighted by Gasteiger charge is 2.27. The Labute approximate surface area is 164 Å². The molecule has 0 aromatic heterocycles. The lowest BCUT2D eigenvalue weighted by Gasteiger charge is -2.33. The fraction of sp³-hybridized carbons (Fsp3) is 0.333. The number of thiocarbonyl (C=S) groups is 1. The summed E-state index contributed by atoms with van der Waals surface area (Å²) in [6.07, 6.45) is 1.59. The van der Waals surface area contributed by atoms with Gasteiger partial charge in [0.1, 0.15) is 13.2 Å². The van der Waals surface area contributed by atoms with Crippen LogP contribution in [0.25, 0.3) is 0 Å². The lowest BCUT2D eigenvalue weighted by molar-refractivity contribution is 0.0872. The first-order valence-electron chi connectivity index (χ1n) is 9.25. The number of nitrogens with zero attached hydrogens (tertiary/aromatic N) is 1. The van der Waals surface area contributed by atoms with Crippen LogP contribution < -0.4 is 14.8 Å². The van der Waals surface area contributed by atoms with E-state index < -0.39 is 0 Å². The van der Waals surface area contributed by atoms with Crippen molar-refractivity contribution in [2.75, 3.05) is 31.6 Å². The molecule has 2 aliphatic heterocycles. The van der Waals surface area contributed by atoms with Crippen molar-refractivity contribution >= 4 is 28.8 Å². The van der Waals surface area contributed by atoms with Crippen LogP contribution in [0.15, 0.2) is 48.5 Å². The molecule has 1 saturated heterocycles. The van der Waals surface area contributed by atoms with Crippen LogP contribution in [-0.4, -0.2) is 42.1 Å². The molecule has 0 spiro atoms. The fourth-order valence-corrected chi connectivity index (χ4v) is 3.80. The maximum Gasteiger partial charge on any atom is 0.173 e. The molecular weight excluding hydrogens is 360 g/mol. The van der Waals surface area contributed by atoms with Crippen molar-refractivity contribution in [3.8, 4) is 11.5 Å². The molecular formula is C21H22N2O3S. The summed E-state index contributed by atoms with van der Waals surface area (Å²) in [5.74, 6) is 1.57. The van der Waals surface area contributed by atoms with Gasteiger partial charge in [0.25, 0.3) is 0 Å². The molecule has 2 heterocycles. The Kier molecular flexibility index (Phi) is 5.25. The van der Waals surface area contributed by atoms with E-state index in [1.54, 1.807) is 0 Å². The molecule has 0 aliphatic carbocycles. The predicted octanol–water partition coefficient (Wildman–Crippen LogP) is 3.75. The number of hydrogen-bond donors (Lipinski definition) is 1. The van der Waals surface area contributed by atoms with Crippen molar-refractivity contribution in [2.45, 2.75) is 12.8 Å². The minimum absolute atomic E-state index is 0.0170. The molecule has 2 aromatic rings. The van der Waals surface area contributed by atoms with E-state index in [1.807, 2.05) is 48.5 Å². The molecule has 0 radical (unpaired) electrons. The number of carbonyl (C=O) groups excluding carboxylic acids is 1. The second-order valence-electron chi connectivity index (χ2n) is 6.78. The maximum atomic E-state index is 12.9. The van der Waals surface area contributed by atoms with Crippen LogP contribution in [0.4, 0.5) is 5.69 Å². The summed E-state index contributed by atoms with van der Waals surface area (Å²) in [6.45, 7) is 2.63. The molecule has 5 nitrogen and oxygen atoms in total. The van der Waals surface area contributed by atoms with Crippen molar-refractivity contribution in [1.82, 2.24) is 4.90 Å². The number of piperidine rings is 1. The minimum Gasteiger partial charge on any atom is -0.486 e. The smallest absolute Gasteiger partial charge is 0.173 e. The van der Waals surface area contributed by atoms with Crippen LogP contribution in [0.1, 0.15) is 23.2 Å². The number of likely N-dealkylation sites (tertiary alicyclic amines) is 1. The molecule has 140 valence electrons. The Bertz CT molecular complexity index is 833. The third-order valence-corrected chi connectivity index (χ3v) is 5.36. The zero-order valence-corrected chi connectivity index (χ0v) is 15.8. The van der Waals surface area contributed by atoms with E-state index in [4.69, 9.17) is 21.7 Å². The van der Waals surface area contributed by atoms with E-state index >= 15 is 0 Å². The number of Topliss-reactive ketones (excluding diaryl/α,β-unsaturated/α-hetero) is 1. The topological polar surface area (TPSA) is 50.8 Å². The van der Waals surface area contributed by atoms with Crippen molar-refractivity contribution in [2.24, 2.45) is 5.92 Å². The number of ether oxygens (including phenoxy) is 2. The Morgan fingerprint density at radius 2 is 1.70 bits per heavy atom. The molecule has 0 unspecified atom stereocenters. The molecule has 6 heteroatoms. The van der Waals surface area contributed by atoms with Crippen LogP contribution >= 0.6 is 12.2 Å². The number of nitrogens with one attached hydrogen (secondary N) is 1. The summed E-state index contributed by atoms with van der Waals surface area (Å²) in [7, 11) is 0. The zero-order valence-electron chi connectivity index (χ0n) is 15.0. The van der Waals surface area contributed by atoms with Crippen molar-refractivity contribution < 1.29 is 14.3 Å². The number of para-hydroxylation sites is 1. The van der Waals surface area contributed by atoms with Gasteiger partial charge >= 0.3 is 0 Å². The first-order valence-corrected chi connectivity index (χ1v) is 9.66. The monoisotopic (exact) mass is 382 g/mol. The van der Waals surface area contributed by atoms with Gasteiger partial charge in [0.15, 0.2) is 22.4 Å². The highest BCUT2D eigenvalue weighted by molar-refractivity contribution is 7.80. The third-order valence-electron chi connectivity index (χ3n) is 5.00. The molecule has 0 amide bonds. The van der Waals surface area contributed by atoms with E-state index in [1.165, 1.54) is 0 Å². The Morgan fingerprint density at radius 3 is 2.44 bits per heavy atom. The van der Waals surface area contributed by atoms with E-state index in [2.05, 4.69) is 10.2 Å². The van der Waals surface area contributed by atoms with Crippen LogP contribution in [0, 0.1) is 5.92 Å². The average Bonchev–Trinajstić information content (AvgIpc) is 2.73. The van der Waals surface area contributed by atoms with Crippen LogP contribution in [0.3, 0.4) is 0 Å². The Balaban J connectivity index is 1.35. The number of ketones is 1. The second-order valence-corrected chi connectivity index (χ2v) is 7.17. The van der Waals surface area contributed by atoms with Crippen molar-refractivity contribution in [3.63, 3.8) is 0 Å². The molecule has 0 atom stereocenters. The molecule has 2 aromatic carbocycles. The second kappa shape index (κ2) is 7.96. The van der Waals surface area contributed by atoms with Gasteiger partial charge in [-0.15, -0.1) is 0 Å². The molecule has 2 aliphatic rings. The van der Waals surface area contributed by atoms with Crippen LogP contribution in [0.2, 0.25) is 0 Å². The number of carbonyl (C=O) groups is 1. The highest BCUT2D eigenvalue weighted by Crippen LogP contribution is 2.32. The van der Waals surface area contributed by atoms with Crippen LogP contribution in [0.5, 0.6) is 11.5 Å². The Morgan fingerprint density at radius 1 is 1.00 bits per heavy atom. The lowest BCUT2D eigenvalue weighted by atomic mass is 9.89. The SMILES string of the molecule is O=C(c1ccc2c(c1)OCCO2)C1CCN(C(=S)Nc2ccccc2)CC1. The van der Waals surface area contributed by atoms with Gasteiger partial charge in [-0.05, 0) is 55.4 Å². The van der Waals surface area contributed by atoms with Crippen molar-refractivity contribution in [3.05, 3.63) is 54.1 Å². The zero-order chi connectivity index (χ0) is 18.6. The minimum atomic E-state index is 0.0170. The van der Waals surface area contributed by atoms with Gasteiger partial charge in [0, 0.05) is 30.3 Å². The third kappa shape index (κ3) is 4.06. The summed E-state index contributed by atoms with van der Waals surface area (Å²) in [6, 6.07) is 15.4. The average molecular weight is 382 g/mol. The molecule has 1 fully saturated rings. The number of anilines is 1. The van der Waals surface area contributed by atoms with E-state index in [0.29, 0.717) is 35.4 Å². The van der Waals surface area contributed by atoms with E-state index in [-0.39, 0.29) is 11.7 Å². The van der Waals surface area contributed by atoms with Gasteiger partial charge in [0.05, 0.1) is 0 Å². The standard InChI is InChI=1S/C21H22N2O3S/c24-20(16-6-7-18-19(14-16)26-13-12-25-18)15-8-10-23(11-9-15)21(27)22-17-4-2-1-3-5-17/h1-7,14-15H,8-13H2,(H,22,27). The normalized spacial score (nSPS) is 16.7. The predicted molar refractivity (Wildman–Crippen MR) is 109 cm³/mol. The Hall–Kier alpha value is -2.60. The number of benzene rings is 2. The summed E-state index contributed by atoms with van der Waals surface area (Å²) in [4.78, 5) is 15.0. The van der Waals surface area contributed by atoms with Gasteiger partial charge in [-0.3, -0.25) is 4.79 Å². The summed E-state index contributed by atoms with van der Waals surface area (Å²) < 4.78 is 11.1. The fourth-order valence-electron chi connectivity index (χ4n) is 3.50. The van der Waals surface area contributed by atoms with E-state index in [9.17, 15) is 4.79 Å². The molecule has 27 heavy (non-hydrogen) atoms. The quantitative estimate of drug-likeness (QED) is 0.645. The highest BCUT2D eigenvalue weighted by atomic mass is 32.1. The maximum absolute atomic E-state index is 12.9. The summed E-state index contributed by atoms with van der Waals surface area (Å²) >= 11 is 5.52. The first kappa shape index (κ1) is 17.8. The summed E-state index contributed by atoms with van der Waals surface area (Å²) in [5, 5.41) is 3.98. The number of rotatable bonds is 3. The number of hydrogen-bond acceptors (Lipinski definition) is 4.